The van der Waals surface area contributed by atoms with Crippen LogP contribution in [0.4, 0.5) is 0 Å². The minimum Gasteiger partial charge on any atom is -0.350 e. The molecule has 3 rings (SSSR count). The van der Waals surface area contributed by atoms with E-state index in [0.717, 1.165) is 6.42 Å². The van der Waals surface area contributed by atoms with Crippen LogP contribution in [0.25, 0.3) is 0 Å². The fourth-order valence-corrected chi connectivity index (χ4v) is 3.26. The Morgan fingerprint density at radius 3 is 2.94 bits per heavy atom. The van der Waals surface area contributed by atoms with Crippen LogP contribution in [0.5, 0.6) is 0 Å². The summed E-state index contributed by atoms with van der Waals surface area (Å²) in [6.07, 6.45) is 0.937. The van der Waals surface area contributed by atoms with Crippen LogP contribution in [0.2, 0.25) is 0 Å². The molecule has 1 aromatic carbocycles. The SMILES string of the molecule is CC1(C)O[C@@H]2Cc3ccccc3[C@@H]2N1C(=O)CN. The number of carbonyl (C=O) groups is 1. The molecule has 0 aromatic heterocycles. The van der Waals surface area contributed by atoms with Gasteiger partial charge in [0.1, 0.15) is 5.72 Å². The first kappa shape index (κ1) is 11.7. The van der Waals surface area contributed by atoms with Crippen molar-refractivity contribution in [2.24, 2.45) is 5.73 Å². The number of nitrogens with two attached hydrogens (primary N) is 1. The Hall–Kier alpha value is -1.39. The highest BCUT2D eigenvalue weighted by molar-refractivity contribution is 5.80. The zero-order chi connectivity index (χ0) is 12.9. The maximum absolute atomic E-state index is 12.1. The molecule has 1 amide bonds. The smallest absolute Gasteiger partial charge is 0.239 e. The Bertz CT molecular complexity index is 498. The van der Waals surface area contributed by atoms with Gasteiger partial charge >= 0.3 is 0 Å². The van der Waals surface area contributed by atoms with Crippen LogP contribution < -0.4 is 5.73 Å². The van der Waals surface area contributed by atoms with E-state index in [1.807, 2.05) is 30.9 Å². The molecule has 2 aliphatic rings. The molecule has 0 spiro atoms. The lowest BCUT2D eigenvalue weighted by Gasteiger charge is -2.33. The molecule has 1 fully saturated rings. The third kappa shape index (κ3) is 1.49. The molecule has 0 saturated carbocycles. The number of rotatable bonds is 1. The lowest BCUT2D eigenvalue weighted by molar-refractivity contribution is -0.146. The Morgan fingerprint density at radius 2 is 2.22 bits per heavy atom. The van der Waals surface area contributed by atoms with E-state index in [-0.39, 0.29) is 24.6 Å². The summed E-state index contributed by atoms with van der Waals surface area (Å²) >= 11 is 0. The Balaban J connectivity index is 2.05. The Morgan fingerprint density at radius 1 is 1.50 bits per heavy atom. The van der Waals surface area contributed by atoms with E-state index in [2.05, 4.69) is 12.1 Å². The first-order valence-corrected chi connectivity index (χ1v) is 6.32. The topological polar surface area (TPSA) is 55.6 Å². The van der Waals surface area contributed by atoms with Gasteiger partial charge in [-0.05, 0) is 25.0 Å². The van der Waals surface area contributed by atoms with E-state index < -0.39 is 5.72 Å². The van der Waals surface area contributed by atoms with Crippen LogP contribution in [-0.4, -0.2) is 29.2 Å². The number of amides is 1. The summed E-state index contributed by atoms with van der Waals surface area (Å²) in [5.41, 5.74) is 7.44. The predicted molar refractivity (Wildman–Crippen MR) is 67.7 cm³/mol. The van der Waals surface area contributed by atoms with Crippen LogP contribution in [0, 0.1) is 0 Å². The summed E-state index contributed by atoms with van der Waals surface area (Å²) in [5.74, 6) is -0.0517. The fraction of sp³-hybridized carbons (Fsp3) is 0.500. The van der Waals surface area contributed by atoms with Gasteiger partial charge in [0.15, 0.2) is 0 Å². The minimum atomic E-state index is -0.570. The van der Waals surface area contributed by atoms with Crippen LogP contribution >= 0.6 is 0 Å². The summed E-state index contributed by atoms with van der Waals surface area (Å²) in [6, 6.07) is 8.25. The number of hydrogen-bond donors (Lipinski definition) is 1. The zero-order valence-corrected chi connectivity index (χ0v) is 10.7. The van der Waals surface area contributed by atoms with Crippen LogP contribution in [0.3, 0.4) is 0 Å². The maximum Gasteiger partial charge on any atom is 0.239 e. The maximum atomic E-state index is 12.1. The number of benzene rings is 1. The van der Waals surface area contributed by atoms with Gasteiger partial charge in [-0.3, -0.25) is 4.79 Å². The van der Waals surface area contributed by atoms with Crippen molar-refractivity contribution in [3.05, 3.63) is 35.4 Å². The molecule has 18 heavy (non-hydrogen) atoms. The van der Waals surface area contributed by atoms with E-state index in [1.165, 1.54) is 11.1 Å². The monoisotopic (exact) mass is 246 g/mol. The normalized spacial score (nSPS) is 28.1. The highest BCUT2D eigenvalue weighted by atomic mass is 16.5. The predicted octanol–water partition coefficient (Wildman–Crippen LogP) is 1.21. The third-order valence-electron chi connectivity index (χ3n) is 3.89. The molecule has 1 aliphatic heterocycles. The lowest BCUT2D eigenvalue weighted by atomic mass is 10.1. The van der Waals surface area contributed by atoms with Gasteiger partial charge in [0.25, 0.3) is 0 Å². The van der Waals surface area contributed by atoms with Crippen molar-refractivity contribution in [3.8, 4) is 0 Å². The highest BCUT2D eigenvalue weighted by Gasteiger charge is 2.53. The van der Waals surface area contributed by atoms with Gasteiger partial charge < -0.3 is 15.4 Å². The number of fused-ring (bicyclic) bond motifs is 3. The molecule has 1 saturated heterocycles. The summed E-state index contributed by atoms with van der Waals surface area (Å²) in [6.45, 7) is 3.89. The van der Waals surface area contributed by atoms with Crippen molar-refractivity contribution in [2.75, 3.05) is 6.54 Å². The number of ether oxygens (including phenoxy) is 1. The number of carbonyl (C=O) groups excluding carboxylic acids is 1. The lowest BCUT2D eigenvalue weighted by Crippen LogP contribution is -2.47. The van der Waals surface area contributed by atoms with Gasteiger partial charge in [0, 0.05) is 6.42 Å². The van der Waals surface area contributed by atoms with E-state index in [4.69, 9.17) is 10.5 Å². The van der Waals surface area contributed by atoms with Crippen molar-refractivity contribution < 1.29 is 9.53 Å². The quantitative estimate of drug-likeness (QED) is 0.810. The first-order valence-electron chi connectivity index (χ1n) is 6.32. The standard InChI is InChI=1S/C14H18N2O2/c1-14(2)16(12(17)8-15)13-10-6-4-3-5-9(10)7-11(13)18-14/h3-6,11,13H,7-8,15H2,1-2H3/t11-,13+/m1/s1. The van der Waals surface area contributed by atoms with Gasteiger partial charge in [0.2, 0.25) is 5.91 Å². The van der Waals surface area contributed by atoms with E-state index >= 15 is 0 Å². The molecule has 1 heterocycles. The van der Waals surface area contributed by atoms with Gasteiger partial charge in [-0.15, -0.1) is 0 Å². The summed E-state index contributed by atoms with van der Waals surface area (Å²) in [4.78, 5) is 13.9. The summed E-state index contributed by atoms with van der Waals surface area (Å²) in [5, 5.41) is 0. The first-order chi connectivity index (χ1) is 8.54. The van der Waals surface area contributed by atoms with Crippen molar-refractivity contribution in [1.82, 2.24) is 4.90 Å². The van der Waals surface area contributed by atoms with Gasteiger partial charge in [-0.1, -0.05) is 24.3 Å². The highest BCUT2D eigenvalue weighted by Crippen LogP contribution is 2.47. The molecule has 2 atom stereocenters. The van der Waals surface area contributed by atoms with Gasteiger partial charge in [0.05, 0.1) is 18.7 Å². The molecule has 1 aromatic rings. The molecule has 0 bridgehead atoms. The second-order valence-corrected chi connectivity index (χ2v) is 5.42. The van der Waals surface area contributed by atoms with Crippen LogP contribution in [0.15, 0.2) is 24.3 Å². The summed E-state index contributed by atoms with van der Waals surface area (Å²) < 4.78 is 6.04. The fourth-order valence-electron chi connectivity index (χ4n) is 3.26. The zero-order valence-electron chi connectivity index (χ0n) is 10.7. The second kappa shape index (κ2) is 3.80. The van der Waals surface area contributed by atoms with Gasteiger partial charge in [-0.2, -0.15) is 0 Å². The molecular weight excluding hydrogens is 228 g/mol. The molecule has 0 unspecified atom stereocenters. The Kier molecular flexibility index (Phi) is 2.47. The average Bonchev–Trinajstić information content (AvgIpc) is 2.78. The van der Waals surface area contributed by atoms with E-state index in [1.54, 1.807) is 0 Å². The largest absolute Gasteiger partial charge is 0.350 e. The molecule has 1 aliphatic carbocycles. The average molecular weight is 246 g/mol. The minimum absolute atomic E-state index is 0.0206. The number of hydrogen-bond acceptors (Lipinski definition) is 3. The van der Waals surface area contributed by atoms with Gasteiger partial charge in [-0.25, -0.2) is 0 Å². The molecule has 0 radical (unpaired) electrons. The van der Waals surface area contributed by atoms with Crippen LogP contribution in [0.1, 0.15) is 31.0 Å². The molecule has 96 valence electrons. The molecule has 4 heteroatoms. The second-order valence-electron chi connectivity index (χ2n) is 5.42. The third-order valence-corrected chi connectivity index (χ3v) is 3.89. The van der Waals surface area contributed by atoms with Crippen molar-refractivity contribution in [2.45, 2.75) is 38.1 Å². The van der Waals surface area contributed by atoms with E-state index in [9.17, 15) is 4.79 Å². The Labute approximate surface area is 107 Å². The molecular formula is C14H18N2O2. The number of nitrogens with zero attached hydrogens (tertiary/aromatic N) is 1. The summed E-state index contributed by atoms with van der Waals surface area (Å²) in [7, 11) is 0. The molecule has 2 N–H and O–H groups in total. The van der Waals surface area contributed by atoms with Crippen molar-refractivity contribution in [3.63, 3.8) is 0 Å². The molecule has 4 nitrogen and oxygen atoms in total. The van der Waals surface area contributed by atoms with Crippen LogP contribution in [-0.2, 0) is 16.0 Å². The van der Waals surface area contributed by atoms with Crippen molar-refractivity contribution >= 4 is 5.91 Å². The van der Waals surface area contributed by atoms with Crippen molar-refractivity contribution in [1.29, 1.82) is 0 Å². The van der Waals surface area contributed by atoms with E-state index in [0.29, 0.717) is 0 Å².